The molecule has 0 radical (unpaired) electrons. The fourth-order valence-electron chi connectivity index (χ4n) is 2.27. The zero-order valence-electron chi connectivity index (χ0n) is 15.7. The maximum atomic E-state index is 5.87. The second-order valence-corrected chi connectivity index (χ2v) is 7.88. The molecule has 0 bridgehead atoms. The normalized spacial score (nSPS) is 11.2. The van der Waals surface area contributed by atoms with Crippen molar-refractivity contribution in [1.82, 2.24) is 25.5 Å². The van der Waals surface area contributed by atoms with Crippen LogP contribution in [0, 0.1) is 0 Å². The topological polar surface area (TPSA) is 74.1 Å². The van der Waals surface area contributed by atoms with Crippen LogP contribution in [0.3, 0.4) is 0 Å². The number of benzene rings is 1. The molecule has 1 aromatic heterocycles. The van der Waals surface area contributed by atoms with E-state index in [4.69, 9.17) is 9.47 Å². The van der Waals surface area contributed by atoms with E-state index < -0.39 is 0 Å². The second-order valence-electron chi connectivity index (χ2n) is 5.97. The van der Waals surface area contributed by atoms with Gasteiger partial charge in [0.2, 0.25) is 5.16 Å². The minimum absolute atomic E-state index is 0.0936. The average Bonchev–Trinajstić information content (AvgIpc) is 2.99. The first-order chi connectivity index (χ1) is 12.5. The summed E-state index contributed by atoms with van der Waals surface area (Å²) in [4.78, 5) is 0. The lowest BCUT2D eigenvalue weighted by Gasteiger charge is -2.17. The number of hydrogen-bond donors (Lipinski definition) is 1. The molecular formula is C17H26BrN5O2S. The predicted molar refractivity (Wildman–Crippen MR) is 107 cm³/mol. The van der Waals surface area contributed by atoms with Crippen molar-refractivity contribution in [2.75, 3.05) is 18.9 Å². The van der Waals surface area contributed by atoms with Crippen molar-refractivity contribution in [2.24, 2.45) is 7.05 Å². The van der Waals surface area contributed by atoms with Gasteiger partial charge in [-0.05, 0) is 77.8 Å². The minimum atomic E-state index is 0.0936. The van der Waals surface area contributed by atoms with Gasteiger partial charge in [0.15, 0.2) is 11.5 Å². The molecule has 0 amide bonds. The van der Waals surface area contributed by atoms with Crippen LogP contribution in [0.5, 0.6) is 11.5 Å². The molecule has 2 rings (SSSR count). The number of tetrazole rings is 1. The van der Waals surface area contributed by atoms with Crippen LogP contribution in [0.15, 0.2) is 21.8 Å². The first-order valence-electron chi connectivity index (χ1n) is 8.69. The van der Waals surface area contributed by atoms with Crippen LogP contribution in [0.2, 0.25) is 0 Å². The Morgan fingerprint density at radius 2 is 2.15 bits per heavy atom. The van der Waals surface area contributed by atoms with E-state index in [0.717, 1.165) is 52.0 Å². The SMILES string of the molecule is CCOc1cc(CNCCCSc2nnnn2C)cc(Br)c1OC(C)C. The van der Waals surface area contributed by atoms with E-state index in [0.29, 0.717) is 6.61 Å². The highest BCUT2D eigenvalue weighted by molar-refractivity contribution is 9.10. The quantitative estimate of drug-likeness (QED) is 0.421. The van der Waals surface area contributed by atoms with E-state index in [1.54, 1.807) is 16.4 Å². The van der Waals surface area contributed by atoms with Crippen LogP contribution >= 0.6 is 27.7 Å². The highest BCUT2D eigenvalue weighted by Crippen LogP contribution is 2.37. The summed E-state index contributed by atoms with van der Waals surface area (Å²) in [5, 5.41) is 15.7. The Hall–Kier alpha value is -1.32. The molecule has 26 heavy (non-hydrogen) atoms. The number of halogens is 1. The van der Waals surface area contributed by atoms with Gasteiger partial charge in [-0.15, -0.1) is 5.10 Å². The Bertz CT molecular complexity index is 696. The highest BCUT2D eigenvalue weighted by atomic mass is 79.9. The van der Waals surface area contributed by atoms with E-state index in [1.165, 1.54) is 0 Å². The van der Waals surface area contributed by atoms with Gasteiger partial charge in [0.1, 0.15) is 0 Å². The molecule has 7 nitrogen and oxygen atoms in total. The number of aryl methyl sites for hydroxylation is 1. The van der Waals surface area contributed by atoms with Crippen molar-refractivity contribution in [2.45, 2.75) is 45.0 Å². The average molecular weight is 444 g/mol. The standard InChI is InChI=1S/C17H26BrN5O2S/c1-5-24-15-10-13(9-14(18)16(15)25-12(2)3)11-19-7-6-8-26-17-20-21-22-23(17)4/h9-10,12,19H,5-8,11H2,1-4H3. The summed E-state index contributed by atoms with van der Waals surface area (Å²) in [6.45, 7) is 8.29. The lowest BCUT2D eigenvalue weighted by Crippen LogP contribution is -2.16. The molecule has 0 atom stereocenters. The molecule has 0 saturated heterocycles. The van der Waals surface area contributed by atoms with Gasteiger partial charge in [-0.1, -0.05) is 11.8 Å². The van der Waals surface area contributed by atoms with Gasteiger partial charge >= 0.3 is 0 Å². The third kappa shape index (κ3) is 6.44. The molecule has 1 heterocycles. The molecule has 9 heteroatoms. The summed E-state index contributed by atoms with van der Waals surface area (Å²) in [5.41, 5.74) is 1.15. The number of rotatable bonds is 11. The van der Waals surface area contributed by atoms with Crippen molar-refractivity contribution in [1.29, 1.82) is 0 Å². The van der Waals surface area contributed by atoms with Crippen molar-refractivity contribution >= 4 is 27.7 Å². The van der Waals surface area contributed by atoms with Crippen LogP contribution in [-0.4, -0.2) is 45.2 Å². The summed E-state index contributed by atoms with van der Waals surface area (Å²) < 4.78 is 14.2. The minimum Gasteiger partial charge on any atom is -0.490 e. The monoisotopic (exact) mass is 443 g/mol. The summed E-state index contributed by atoms with van der Waals surface area (Å²) in [7, 11) is 1.85. The largest absolute Gasteiger partial charge is 0.490 e. The van der Waals surface area contributed by atoms with Crippen molar-refractivity contribution in [3.05, 3.63) is 22.2 Å². The molecule has 1 aromatic carbocycles. The summed E-state index contributed by atoms with van der Waals surface area (Å²) in [6.07, 6.45) is 1.13. The Kier molecular flexibility index (Phi) is 8.67. The predicted octanol–water partition coefficient (Wildman–Crippen LogP) is 3.43. The highest BCUT2D eigenvalue weighted by Gasteiger charge is 2.13. The maximum Gasteiger partial charge on any atom is 0.209 e. The number of nitrogens with zero attached hydrogens (tertiary/aromatic N) is 4. The number of aromatic nitrogens is 4. The fourth-order valence-corrected chi connectivity index (χ4v) is 3.65. The van der Waals surface area contributed by atoms with Crippen LogP contribution in [-0.2, 0) is 13.6 Å². The fraction of sp³-hybridized carbons (Fsp3) is 0.588. The smallest absolute Gasteiger partial charge is 0.209 e. The molecule has 1 N–H and O–H groups in total. The third-order valence-corrected chi connectivity index (χ3v) is 5.05. The Balaban J connectivity index is 1.82. The van der Waals surface area contributed by atoms with Gasteiger partial charge in [0.25, 0.3) is 0 Å². The number of ether oxygens (including phenoxy) is 2. The van der Waals surface area contributed by atoms with Crippen molar-refractivity contribution in [3.8, 4) is 11.5 Å². The van der Waals surface area contributed by atoms with Gasteiger partial charge in [0, 0.05) is 19.3 Å². The molecule has 0 saturated carbocycles. The van der Waals surface area contributed by atoms with Crippen LogP contribution < -0.4 is 14.8 Å². The third-order valence-electron chi connectivity index (χ3n) is 3.36. The first-order valence-corrected chi connectivity index (χ1v) is 10.5. The number of hydrogen-bond acceptors (Lipinski definition) is 7. The molecule has 0 spiro atoms. The van der Waals surface area contributed by atoms with Crippen molar-refractivity contribution in [3.63, 3.8) is 0 Å². The van der Waals surface area contributed by atoms with Gasteiger partial charge in [0.05, 0.1) is 17.2 Å². The lowest BCUT2D eigenvalue weighted by molar-refractivity contribution is 0.222. The van der Waals surface area contributed by atoms with Gasteiger partial charge in [-0.3, -0.25) is 0 Å². The van der Waals surface area contributed by atoms with E-state index >= 15 is 0 Å². The van der Waals surface area contributed by atoms with E-state index in [1.807, 2.05) is 33.9 Å². The molecule has 0 aliphatic rings. The second kappa shape index (κ2) is 10.7. The van der Waals surface area contributed by atoms with E-state index in [9.17, 15) is 0 Å². The van der Waals surface area contributed by atoms with E-state index in [-0.39, 0.29) is 6.10 Å². The molecule has 2 aromatic rings. The molecular weight excluding hydrogens is 418 g/mol. The molecule has 0 aliphatic heterocycles. The van der Waals surface area contributed by atoms with E-state index in [2.05, 4.69) is 42.8 Å². The lowest BCUT2D eigenvalue weighted by atomic mass is 10.2. The zero-order chi connectivity index (χ0) is 18.9. The first kappa shape index (κ1) is 21.0. The Labute approximate surface area is 167 Å². The summed E-state index contributed by atoms with van der Waals surface area (Å²) in [6, 6.07) is 4.12. The molecule has 144 valence electrons. The van der Waals surface area contributed by atoms with Crippen molar-refractivity contribution < 1.29 is 9.47 Å². The summed E-state index contributed by atoms with van der Waals surface area (Å²) >= 11 is 5.26. The van der Waals surface area contributed by atoms with Gasteiger partial charge < -0.3 is 14.8 Å². The van der Waals surface area contributed by atoms with Crippen LogP contribution in [0.25, 0.3) is 0 Å². The summed E-state index contributed by atoms with van der Waals surface area (Å²) in [5.74, 6) is 2.51. The van der Waals surface area contributed by atoms with Crippen LogP contribution in [0.4, 0.5) is 0 Å². The zero-order valence-corrected chi connectivity index (χ0v) is 18.1. The maximum absolute atomic E-state index is 5.87. The molecule has 0 unspecified atom stereocenters. The Morgan fingerprint density at radius 3 is 2.81 bits per heavy atom. The number of nitrogens with one attached hydrogen (secondary N) is 1. The molecule has 0 aliphatic carbocycles. The van der Waals surface area contributed by atoms with Gasteiger partial charge in [-0.25, -0.2) is 4.68 Å². The van der Waals surface area contributed by atoms with Gasteiger partial charge in [-0.2, -0.15) is 0 Å². The number of thioether (sulfide) groups is 1. The van der Waals surface area contributed by atoms with Crippen LogP contribution in [0.1, 0.15) is 32.8 Å². The molecule has 0 fully saturated rings. The Morgan fingerprint density at radius 1 is 1.35 bits per heavy atom.